The summed E-state index contributed by atoms with van der Waals surface area (Å²) in [4.78, 5) is 0. The van der Waals surface area contributed by atoms with Gasteiger partial charge in [0.05, 0.1) is 14.2 Å². The van der Waals surface area contributed by atoms with E-state index in [1.54, 1.807) is 14.2 Å². The molecule has 4 heteroatoms. The van der Waals surface area contributed by atoms with Crippen LogP contribution in [0, 0.1) is 6.92 Å². The topological polar surface area (TPSA) is 30.5 Å². The first-order valence-electron chi connectivity index (χ1n) is 6.33. The Balaban J connectivity index is 2.47. The van der Waals surface area contributed by atoms with Gasteiger partial charge in [0.25, 0.3) is 0 Å². The van der Waals surface area contributed by atoms with Gasteiger partial charge in [0.1, 0.15) is 0 Å². The second kappa shape index (κ2) is 5.93. The molecule has 1 fully saturated rings. The standard InChI is InChI=1S/C14H20BrNO2/c1-9-11(15)8-10(12-6-4-5-7-16-12)14(18-3)13(9)17-2/h8,12,16H,4-7H2,1-3H3. The fourth-order valence-electron chi connectivity index (χ4n) is 2.55. The highest BCUT2D eigenvalue weighted by atomic mass is 79.9. The molecule has 0 saturated carbocycles. The average molecular weight is 314 g/mol. The van der Waals surface area contributed by atoms with Gasteiger partial charge in [0, 0.05) is 21.6 Å². The third kappa shape index (κ3) is 2.50. The summed E-state index contributed by atoms with van der Waals surface area (Å²) in [6, 6.07) is 2.51. The monoisotopic (exact) mass is 313 g/mol. The van der Waals surface area contributed by atoms with E-state index in [-0.39, 0.29) is 0 Å². The molecule has 1 saturated heterocycles. The van der Waals surface area contributed by atoms with Crippen LogP contribution in [-0.4, -0.2) is 20.8 Å². The van der Waals surface area contributed by atoms with Crippen LogP contribution >= 0.6 is 15.9 Å². The highest BCUT2D eigenvalue weighted by molar-refractivity contribution is 9.10. The summed E-state index contributed by atoms with van der Waals surface area (Å²) < 4.78 is 12.1. The molecule has 1 aliphatic heterocycles. The van der Waals surface area contributed by atoms with Crippen molar-refractivity contribution in [2.45, 2.75) is 32.2 Å². The summed E-state index contributed by atoms with van der Waals surface area (Å²) in [7, 11) is 3.40. The maximum Gasteiger partial charge on any atom is 0.165 e. The Morgan fingerprint density at radius 1 is 1.22 bits per heavy atom. The molecule has 1 aliphatic rings. The van der Waals surface area contributed by atoms with E-state index in [4.69, 9.17) is 9.47 Å². The molecule has 0 radical (unpaired) electrons. The number of hydrogen-bond acceptors (Lipinski definition) is 3. The van der Waals surface area contributed by atoms with Crippen LogP contribution in [0.2, 0.25) is 0 Å². The first kappa shape index (κ1) is 13.7. The molecule has 0 aliphatic carbocycles. The van der Waals surface area contributed by atoms with Gasteiger partial charge < -0.3 is 14.8 Å². The number of nitrogens with one attached hydrogen (secondary N) is 1. The number of rotatable bonds is 3. The number of ether oxygens (including phenoxy) is 2. The Kier molecular flexibility index (Phi) is 4.51. The van der Waals surface area contributed by atoms with Crippen LogP contribution in [0.4, 0.5) is 0 Å². The Labute approximate surface area is 117 Å². The molecule has 100 valence electrons. The van der Waals surface area contributed by atoms with E-state index in [0.29, 0.717) is 6.04 Å². The van der Waals surface area contributed by atoms with Crippen LogP contribution in [0.25, 0.3) is 0 Å². The average Bonchev–Trinajstić information content (AvgIpc) is 2.42. The lowest BCUT2D eigenvalue weighted by atomic mass is 9.95. The van der Waals surface area contributed by atoms with Crippen LogP contribution in [0.5, 0.6) is 11.5 Å². The van der Waals surface area contributed by atoms with Crippen LogP contribution < -0.4 is 14.8 Å². The third-order valence-electron chi connectivity index (χ3n) is 3.54. The van der Waals surface area contributed by atoms with Crippen LogP contribution in [0.3, 0.4) is 0 Å². The second-order valence-electron chi connectivity index (χ2n) is 4.64. The fourth-order valence-corrected chi connectivity index (χ4v) is 2.98. The Morgan fingerprint density at radius 2 is 1.94 bits per heavy atom. The molecular weight excluding hydrogens is 294 g/mol. The normalized spacial score (nSPS) is 19.7. The van der Waals surface area contributed by atoms with Crippen molar-refractivity contribution in [3.8, 4) is 11.5 Å². The third-order valence-corrected chi connectivity index (χ3v) is 4.37. The summed E-state index contributed by atoms with van der Waals surface area (Å²) >= 11 is 3.60. The van der Waals surface area contributed by atoms with Gasteiger partial charge >= 0.3 is 0 Å². The quantitative estimate of drug-likeness (QED) is 0.925. The van der Waals surface area contributed by atoms with E-state index in [1.165, 1.54) is 18.4 Å². The summed E-state index contributed by atoms with van der Waals surface area (Å²) in [5.41, 5.74) is 2.26. The summed E-state index contributed by atoms with van der Waals surface area (Å²) in [5, 5.41) is 3.55. The lowest BCUT2D eigenvalue weighted by Gasteiger charge is -2.27. The number of piperidine rings is 1. The highest BCUT2D eigenvalue weighted by Gasteiger charge is 2.23. The molecule has 0 aromatic heterocycles. The maximum absolute atomic E-state index is 5.57. The van der Waals surface area contributed by atoms with E-state index < -0.39 is 0 Å². The Hall–Kier alpha value is -0.740. The largest absolute Gasteiger partial charge is 0.493 e. The molecular formula is C14H20BrNO2. The molecule has 0 amide bonds. The SMILES string of the molecule is COc1c(C2CCCCN2)cc(Br)c(C)c1OC. The molecule has 0 bridgehead atoms. The van der Waals surface area contributed by atoms with Gasteiger partial charge in [-0.1, -0.05) is 22.4 Å². The number of methoxy groups -OCH3 is 2. The van der Waals surface area contributed by atoms with Gasteiger partial charge in [-0.2, -0.15) is 0 Å². The van der Waals surface area contributed by atoms with Gasteiger partial charge in [-0.05, 0) is 32.4 Å². The van der Waals surface area contributed by atoms with Crippen LogP contribution in [0.1, 0.15) is 36.4 Å². The van der Waals surface area contributed by atoms with Crippen molar-refractivity contribution in [2.24, 2.45) is 0 Å². The molecule has 1 heterocycles. The van der Waals surface area contributed by atoms with Gasteiger partial charge in [-0.25, -0.2) is 0 Å². The molecule has 1 aromatic carbocycles. The molecule has 1 unspecified atom stereocenters. The van der Waals surface area contributed by atoms with E-state index in [1.807, 2.05) is 6.92 Å². The summed E-state index contributed by atoms with van der Waals surface area (Å²) in [6.45, 7) is 3.10. The van der Waals surface area contributed by atoms with Gasteiger partial charge in [-0.3, -0.25) is 0 Å². The minimum atomic E-state index is 0.361. The number of benzene rings is 1. The van der Waals surface area contributed by atoms with Gasteiger partial charge in [0.2, 0.25) is 0 Å². The van der Waals surface area contributed by atoms with E-state index in [2.05, 4.69) is 27.3 Å². The lowest BCUT2D eigenvalue weighted by molar-refractivity contribution is 0.336. The lowest BCUT2D eigenvalue weighted by Crippen LogP contribution is -2.27. The highest BCUT2D eigenvalue weighted by Crippen LogP contribution is 2.42. The predicted molar refractivity (Wildman–Crippen MR) is 76.6 cm³/mol. The van der Waals surface area contributed by atoms with Gasteiger partial charge in [-0.15, -0.1) is 0 Å². The zero-order valence-corrected chi connectivity index (χ0v) is 12.8. The molecule has 2 rings (SSSR count). The number of hydrogen-bond donors (Lipinski definition) is 1. The first-order chi connectivity index (χ1) is 8.69. The van der Waals surface area contributed by atoms with E-state index in [0.717, 1.165) is 34.5 Å². The first-order valence-corrected chi connectivity index (χ1v) is 7.12. The molecule has 1 aromatic rings. The van der Waals surface area contributed by atoms with Gasteiger partial charge in [0.15, 0.2) is 11.5 Å². The fraction of sp³-hybridized carbons (Fsp3) is 0.571. The maximum atomic E-state index is 5.57. The summed E-state index contributed by atoms with van der Waals surface area (Å²) in [5.74, 6) is 1.69. The van der Waals surface area contributed by atoms with Crippen molar-refractivity contribution in [2.75, 3.05) is 20.8 Å². The van der Waals surface area contributed by atoms with Crippen molar-refractivity contribution in [3.63, 3.8) is 0 Å². The van der Waals surface area contributed by atoms with Crippen molar-refractivity contribution < 1.29 is 9.47 Å². The smallest absolute Gasteiger partial charge is 0.165 e. The van der Waals surface area contributed by atoms with Crippen molar-refractivity contribution in [1.82, 2.24) is 5.32 Å². The zero-order chi connectivity index (χ0) is 13.1. The molecule has 1 atom stereocenters. The Bertz CT molecular complexity index is 428. The molecule has 3 nitrogen and oxygen atoms in total. The Morgan fingerprint density at radius 3 is 2.50 bits per heavy atom. The van der Waals surface area contributed by atoms with E-state index in [9.17, 15) is 0 Å². The van der Waals surface area contributed by atoms with Crippen LogP contribution in [0.15, 0.2) is 10.5 Å². The molecule has 18 heavy (non-hydrogen) atoms. The molecule has 0 spiro atoms. The van der Waals surface area contributed by atoms with Crippen molar-refractivity contribution >= 4 is 15.9 Å². The van der Waals surface area contributed by atoms with Crippen LogP contribution in [-0.2, 0) is 0 Å². The van der Waals surface area contributed by atoms with Crippen molar-refractivity contribution in [1.29, 1.82) is 0 Å². The zero-order valence-electron chi connectivity index (χ0n) is 11.2. The van der Waals surface area contributed by atoms with E-state index >= 15 is 0 Å². The minimum absolute atomic E-state index is 0.361. The van der Waals surface area contributed by atoms with Crippen molar-refractivity contribution in [3.05, 3.63) is 21.7 Å². The molecule has 1 N–H and O–H groups in total. The predicted octanol–water partition coefficient (Wildman–Crippen LogP) is 3.59. The summed E-state index contributed by atoms with van der Waals surface area (Å²) in [6.07, 6.45) is 3.66. The number of halogens is 1. The minimum Gasteiger partial charge on any atom is -0.493 e. The second-order valence-corrected chi connectivity index (χ2v) is 5.50.